The fourth-order valence-electron chi connectivity index (χ4n) is 1.82. The van der Waals surface area contributed by atoms with Gasteiger partial charge in [0.1, 0.15) is 5.82 Å². The van der Waals surface area contributed by atoms with Crippen molar-refractivity contribution in [1.82, 2.24) is 19.6 Å². The van der Waals surface area contributed by atoms with Crippen molar-refractivity contribution in [3.05, 3.63) is 42.0 Å². The number of nitrogens with one attached hydrogen (secondary N) is 1. The van der Waals surface area contributed by atoms with E-state index < -0.39 is 5.97 Å². The SMILES string of the molecule is O=C(O)Cc1cn2[nH]c(-c3cccc(F)c3)nc2n1. The third-order valence-corrected chi connectivity index (χ3v) is 2.61. The monoisotopic (exact) mass is 260 g/mol. The highest BCUT2D eigenvalue weighted by molar-refractivity contribution is 5.69. The first kappa shape index (κ1) is 11.4. The molecule has 0 bridgehead atoms. The Morgan fingerprint density at radius 1 is 1.42 bits per heavy atom. The maximum absolute atomic E-state index is 13.1. The number of nitrogens with zero attached hydrogens (tertiary/aromatic N) is 3. The molecule has 0 fully saturated rings. The van der Waals surface area contributed by atoms with Gasteiger partial charge in [0.25, 0.3) is 5.78 Å². The van der Waals surface area contributed by atoms with Gasteiger partial charge in [0.15, 0.2) is 5.82 Å². The molecule has 0 aliphatic heterocycles. The van der Waals surface area contributed by atoms with Gasteiger partial charge in [0.2, 0.25) is 0 Å². The number of aromatic amines is 1. The maximum Gasteiger partial charge on any atom is 0.309 e. The summed E-state index contributed by atoms with van der Waals surface area (Å²) in [6.07, 6.45) is 1.39. The average Bonchev–Trinajstić information content (AvgIpc) is 2.85. The summed E-state index contributed by atoms with van der Waals surface area (Å²) in [5, 5.41) is 11.6. The minimum absolute atomic E-state index is 0.160. The Labute approximate surface area is 106 Å². The molecule has 0 atom stereocenters. The molecule has 2 aromatic heterocycles. The molecule has 19 heavy (non-hydrogen) atoms. The molecule has 6 nitrogen and oxygen atoms in total. The van der Waals surface area contributed by atoms with Crippen molar-refractivity contribution in [2.24, 2.45) is 0 Å². The van der Waals surface area contributed by atoms with Crippen molar-refractivity contribution >= 4 is 11.7 Å². The van der Waals surface area contributed by atoms with Crippen LogP contribution < -0.4 is 0 Å². The van der Waals surface area contributed by atoms with E-state index in [1.165, 1.54) is 16.6 Å². The first-order valence-corrected chi connectivity index (χ1v) is 5.53. The molecular weight excluding hydrogens is 251 g/mol. The van der Waals surface area contributed by atoms with Gasteiger partial charge in [-0.05, 0) is 12.1 Å². The Balaban J connectivity index is 1.99. The van der Waals surface area contributed by atoms with Crippen LogP contribution in [0.15, 0.2) is 30.5 Å². The van der Waals surface area contributed by atoms with Crippen molar-refractivity contribution in [3.63, 3.8) is 0 Å². The topological polar surface area (TPSA) is 83.3 Å². The zero-order chi connectivity index (χ0) is 13.4. The second-order valence-electron chi connectivity index (χ2n) is 4.06. The molecule has 0 aliphatic rings. The first-order chi connectivity index (χ1) is 9.11. The van der Waals surface area contributed by atoms with Crippen LogP contribution >= 0.6 is 0 Å². The molecule has 0 saturated heterocycles. The Bertz CT molecular complexity index is 731. The van der Waals surface area contributed by atoms with E-state index in [2.05, 4.69) is 15.1 Å². The molecule has 3 rings (SSSR count). The highest BCUT2D eigenvalue weighted by Crippen LogP contribution is 2.17. The van der Waals surface area contributed by atoms with Gasteiger partial charge in [-0.15, -0.1) is 0 Å². The number of carboxylic acids is 1. The molecule has 0 saturated carbocycles. The summed E-state index contributed by atoms with van der Waals surface area (Å²) in [6, 6.07) is 6.02. The van der Waals surface area contributed by atoms with E-state index >= 15 is 0 Å². The summed E-state index contributed by atoms with van der Waals surface area (Å²) >= 11 is 0. The molecule has 2 N–H and O–H groups in total. The molecule has 0 spiro atoms. The number of rotatable bonds is 3. The van der Waals surface area contributed by atoms with Crippen LogP contribution in [0.25, 0.3) is 17.2 Å². The van der Waals surface area contributed by atoms with Crippen LogP contribution in [0.4, 0.5) is 4.39 Å². The predicted molar refractivity (Wildman–Crippen MR) is 64.1 cm³/mol. The third-order valence-electron chi connectivity index (χ3n) is 2.61. The smallest absolute Gasteiger partial charge is 0.309 e. The molecule has 96 valence electrons. The van der Waals surface area contributed by atoms with E-state index in [4.69, 9.17) is 5.11 Å². The Kier molecular flexibility index (Phi) is 2.52. The quantitative estimate of drug-likeness (QED) is 0.747. The zero-order valence-corrected chi connectivity index (χ0v) is 9.67. The van der Waals surface area contributed by atoms with Crippen molar-refractivity contribution in [1.29, 1.82) is 0 Å². The van der Waals surface area contributed by atoms with Gasteiger partial charge in [-0.3, -0.25) is 9.89 Å². The van der Waals surface area contributed by atoms with Crippen molar-refractivity contribution < 1.29 is 14.3 Å². The number of halogens is 1. The molecular formula is C12H9FN4O2. The van der Waals surface area contributed by atoms with Crippen LogP contribution in [0.5, 0.6) is 0 Å². The summed E-state index contributed by atoms with van der Waals surface area (Å²) in [6.45, 7) is 0. The highest BCUT2D eigenvalue weighted by atomic mass is 19.1. The van der Waals surface area contributed by atoms with Crippen LogP contribution in [0.1, 0.15) is 5.69 Å². The van der Waals surface area contributed by atoms with Gasteiger partial charge in [-0.2, -0.15) is 4.98 Å². The summed E-state index contributed by atoms with van der Waals surface area (Å²) in [5.74, 6) is -0.469. The standard InChI is InChI=1S/C12H9FN4O2/c13-8-3-1-2-7(4-8)11-15-12-14-9(5-10(18)19)6-17(12)16-11/h1-4,6H,5H2,(H,18,19)(H,14,15,16). The van der Waals surface area contributed by atoms with Crippen LogP contribution in [0, 0.1) is 5.82 Å². The van der Waals surface area contributed by atoms with E-state index in [0.29, 0.717) is 22.9 Å². The van der Waals surface area contributed by atoms with Crippen molar-refractivity contribution in [3.8, 4) is 11.4 Å². The Morgan fingerprint density at radius 3 is 2.95 bits per heavy atom. The second-order valence-corrected chi connectivity index (χ2v) is 4.06. The van der Waals surface area contributed by atoms with Gasteiger partial charge >= 0.3 is 5.97 Å². The number of carboxylic acid groups (broad SMARTS) is 1. The minimum Gasteiger partial charge on any atom is -0.481 e. The first-order valence-electron chi connectivity index (χ1n) is 5.53. The molecule has 7 heteroatoms. The number of aliphatic carboxylic acids is 1. The Morgan fingerprint density at radius 2 is 2.26 bits per heavy atom. The predicted octanol–water partition coefficient (Wildman–Crippen LogP) is 1.49. The van der Waals surface area contributed by atoms with Gasteiger partial charge in [0, 0.05) is 5.56 Å². The summed E-state index contributed by atoms with van der Waals surface area (Å²) in [5.41, 5.74) is 1.02. The molecule has 0 amide bonds. The molecule has 0 aliphatic carbocycles. The second kappa shape index (κ2) is 4.20. The van der Waals surface area contributed by atoms with Crippen LogP contribution in [0.3, 0.4) is 0 Å². The van der Waals surface area contributed by atoms with E-state index in [-0.39, 0.29) is 12.2 Å². The van der Waals surface area contributed by atoms with Crippen LogP contribution in [-0.2, 0) is 11.2 Å². The van der Waals surface area contributed by atoms with Crippen LogP contribution in [0.2, 0.25) is 0 Å². The number of aromatic nitrogens is 4. The molecule has 3 aromatic rings. The fraction of sp³-hybridized carbons (Fsp3) is 0.0833. The number of benzene rings is 1. The number of hydrogen-bond donors (Lipinski definition) is 2. The van der Waals surface area contributed by atoms with Gasteiger partial charge < -0.3 is 5.11 Å². The lowest BCUT2D eigenvalue weighted by Gasteiger charge is -1.95. The lowest BCUT2D eigenvalue weighted by Crippen LogP contribution is -2.00. The average molecular weight is 260 g/mol. The van der Waals surface area contributed by atoms with Crippen LogP contribution in [-0.4, -0.2) is 30.7 Å². The van der Waals surface area contributed by atoms with Gasteiger partial charge in [-0.25, -0.2) is 13.9 Å². The number of imidazole rings is 1. The third kappa shape index (κ3) is 2.17. The van der Waals surface area contributed by atoms with E-state index in [9.17, 15) is 9.18 Å². The summed E-state index contributed by atoms with van der Waals surface area (Å²) < 4.78 is 14.6. The lowest BCUT2D eigenvalue weighted by molar-refractivity contribution is -0.136. The number of H-pyrrole nitrogens is 1. The van der Waals surface area contributed by atoms with Gasteiger partial charge in [-0.1, -0.05) is 12.1 Å². The summed E-state index contributed by atoms with van der Waals surface area (Å²) in [7, 11) is 0. The zero-order valence-electron chi connectivity index (χ0n) is 9.67. The van der Waals surface area contributed by atoms with E-state index in [1.807, 2.05) is 0 Å². The van der Waals surface area contributed by atoms with Gasteiger partial charge in [0.05, 0.1) is 18.3 Å². The summed E-state index contributed by atoms with van der Waals surface area (Å²) in [4.78, 5) is 18.8. The largest absolute Gasteiger partial charge is 0.481 e. The molecule has 0 unspecified atom stereocenters. The minimum atomic E-state index is -0.953. The van der Waals surface area contributed by atoms with E-state index in [1.54, 1.807) is 18.3 Å². The molecule has 1 aromatic carbocycles. The van der Waals surface area contributed by atoms with E-state index in [0.717, 1.165) is 0 Å². The fourth-order valence-corrected chi connectivity index (χ4v) is 1.82. The number of hydrogen-bond acceptors (Lipinski definition) is 3. The Hall–Kier alpha value is -2.70. The normalized spacial score (nSPS) is 11.0. The van der Waals surface area contributed by atoms with Crippen molar-refractivity contribution in [2.75, 3.05) is 0 Å². The maximum atomic E-state index is 13.1. The molecule has 2 heterocycles. The number of fused-ring (bicyclic) bond motifs is 1. The molecule has 0 radical (unpaired) electrons. The highest BCUT2D eigenvalue weighted by Gasteiger charge is 2.11. The lowest BCUT2D eigenvalue weighted by atomic mass is 10.2. The number of carbonyl (C=O) groups is 1. The van der Waals surface area contributed by atoms with Crippen molar-refractivity contribution in [2.45, 2.75) is 6.42 Å².